The van der Waals surface area contributed by atoms with E-state index in [1.807, 2.05) is 0 Å². The molecular weight excluding hydrogens is 184 g/mol. The molecule has 0 saturated heterocycles. The molecule has 76 valence electrons. The molecular formula is C10H12O4. The van der Waals surface area contributed by atoms with Crippen molar-refractivity contribution in [2.24, 2.45) is 0 Å². The van der Waals surface area contributed by atoms with E-state index in [1.54, 1.807) is 0 Å². The number of rotatable bonds is 0. The third-order valence-corrected chi connectivity index (χ3v) is 2.71. The van der Waals surface area contributed by atoms with Gasteiger partial charge in [-0.25, -0.2) is 0 Å². The summed E-state index contributed by atoms with van der Waals surface area (Å²) < 4.78 is 0. The van der Waals surface area contributed by atoms with Gasteiger partial charge in [-0.05, 0) is 25.7 Å². The van der Waals surface area contributed by atoms with Crippen molar-refractivity contribution < 1.29 is 20.4 Å². The molecule has 4 heteroatoms. The van der Waals surface area contributed by atoms with Crippen LogP contribution in [0.2, 0.25) is 0 Å². The first-order valence-electron chi connectivity index (χ1n) is 4.60. The van der Waals surface area contributed by atoms with Crippen molar-refractivity contribution in [3.05, 3.63) is 11.1 Å². The van der Waals surface area contributed by atoms with Crippen LogP contribution in [0.3, 0.4) is 0 Å². The van der Waals surface area contributed by atoms with Gasteiger partial charge in [0.05, 0.1) is 0 Å². The fourth-order valence-electron chi connectivity index (χ4n) is 1.94. The molecule has 0 radical (unpaired) electrons. The van der Waals surface area contributed by atoms with Gasteiger partial charge in [-0.2, -0.15) is 0 Å². The van der Waals surface area contributed by atoms with Gasteiger partial charge in [-0.15, -0.1) is 0 Å². The Morgan fingerprint density at radius 1 is 0.571 bits per heavy atom. The monoisotopic (exact) mass is 196 g/mol. The molecule has 0 unspecified atom stereocenters. The highest BCUT2D eigenvalue weighted by molar-refractivity contribution is 5.65. The number of phenols is 4. The van der Waals surface area contributed by atoms with Crippen LogP contribution in [0.25, 0.3) is 0 Å². The van der Waals surface area contributed by atoms with Crippen molar-refractivity contribution in [1.29, 1.82) is 0 Å². The highest BCUT2D eigenvalue weighted by Crippen LogP contribution is 2.49. The molecule has 1 aliphatic rings. The van der Waals surface area contributed by atoms with Crippen molar-refractivity contribution in [3.8, 4) is 23.0 Å². The minimum Gasteiger partial charge on any atom is -0.504 e. The molecule has 0 aliphatic heterocycles. The summed E-state index contributed by atoms with van der Waals surface area (Å²) in [5.74, 6) is -1.84. The Labute approximate surface area is 81.1 Å². The zero-order valence-corrected chi connectivity index (χ0v) is 7.62. The first-order chi connectivity index (χ1) is 6.63. The quantitative estimate of drug-likeness (QED) is 0.373. The molecule has 0 aromatic heterocycles. The molecule has 14 heavy (non-hydrogen) atoms. The van der Waals surface area contributed by atoms with Crippen LogP contribution in [0.1, 0.15) is 24.0 Å². The molecule has 0 spiro atoms. The molecule has 0 amide bonds. The van der Waals surface area contributed by atoms with Crippen LogP contribution in [0.4, 0.5) is 0 Å². The molecule has 0 fully saturated rings. The van der Waals surface area contributed by atoms with Crippen LogP contribution in [0.5, 0.6) is 23.0 Å². The van der Waals surface area contributed by atoms with E-state index in [1.165, 1.54) is 0 Å². The maximum atomic E-state index is 9.53. The molecule has 0 atom stereocenters. The van der Waals surface area contributed by atoms with Gasteiger partial charge in [0.25, 0.3) is 0 Å². The minimum atomic E-state index is -0.622. The summed E-state index contributed by atoms with van der Waals surface area (Å²) in [7, 11) is 0. The van der Waals surface area contributed by atoms with E-state index in [-0.39, 0.29) is 11.5 Å². The van der Waals surface area contributed by atoms with Gasteiger partial charge in [-0.1, -0.05) is 0 Å². The van der Waals surface area contributed by atoms with Crippen LogP contribution < -0.4 is 0 Å². The first kappa shape index (κ1) is 8.99. The van der Waals surface area contributed by atoms with E-state index in [4.69, 9.17) is 0 Å². The Hall–Kier alpha value is -1.58. The predicted octanol–water partition coefficient (Wildman–Crippen LogP) is 1.39. The molecule has 4 N–H and O–H groups in total. The molecule has 4 nitrogen and oxygen atoms in total. The van der Waals surface area contributed by atoms with E-state index in [0.29, 0.717) is 24.0 Å². The second-order valence-corrected chi connectivity index (χ2v) is 3.56. The maximum Gasteiger partial charge on any atom is 0.204 e. The zero-order chi connectivity index (χ0) is 10.3. The molecule has 1 aromatic rings. The Bertz CT molecular complexity index is 347. The number of benzene rings is 1. The average molecular weight is 196 g/mol. The topological polar surface area (TPSA) is 80.9 Å². The Morgan fingerprint density at radius 2 is 0.929 bits per heavy atom. The summed E-state index contributed by atoms with van der Waals surface area (Å²) in [6.07, 6.45) is 3.10. The first-order valence-corrected chi connectivity index (χ1v) is 4.60. The van der Waals surface area contributed by atoms with Gasteiger partial charge < -0.3 is 20.4 Å². The number of hydrogen-bond donors (Lipinski definition) is 4. The lowest BCUT2D eigenvalue weighted by molar-refractivity contribution is 0.338. The second kappa shape index (κ2) is 2.97. The summed E-state index contributed by atoms with van der Waals surface area (Å²) in [4.78, 5) is 0. The SMILES string of the molecule is Oc1c(O)c(O)c2c(c1O)CCCC2. The Morgan fingerprint density at radius 3 is 1.29 bits per heavy atom. The highest BCUT2D eigenvalue weighted by atomic mass is 16.3. The van der Waals surface area contributed by atoms with E-state index in [0.717, 1.165) is 12.8 Å². The van der Waals surface area contributed by atoms with Gasteiger partial charge in [0, 0.05) is 11.1 Å². The average Bonchev–Trinajstić information content (AvgIpc) is 2.23. The molecule has 2 rings (SSSR count). The minimum absolute atomic E-state index is 0.296. The number of hydrogen-bond acceptors (Lipinski definition) is 4. The number of phenolic OH excluding ortho intramolecular Hbond substituents is 4. The van der Waals surface area contributed by atoms with Gasteiger partial charge in [0.2, 0.25) is 11.5 Å². The third-order valence-electron chi connectivity index (χ3n) is 2.71. The summed E-state index contributed by atoms with van der Waals surface area (Å²) >= 11 is 0. The fourth-order valence-corrected chi connectivity index (χ4v) is 1.94. The van der Waals surface area contributed by atoms with Gasteiger partial charge >= 0.3 is 0 Å². The normalized spacial score (nSPS) is 15.1. The molecule has 1 aromatic carbocycles. The highest BCUT2D eigenvalue weighted by Gasteiger charge is 2.24. The molecule has 1 aliphatic carbocycles. The van der Waals surface area contributed by atoms with Gasteiger partial charge in [0.15, 0.2) is 11.5 Å². The van der Waals surface area contributed by atoms with Crippen molar-refractivity contribution in [2.75, 3.05) is 0 Å². The van der Waals surface area contributed by atoms with E-state index < -0.39 is 11.5 Å². The lowest BCUT2D eigenvalue weighted by Gasteiger charge is -2.19. The summed E-state index contributed by atoms with van der Waals surface area (Å²) in [5.41, 5.74) is 1.12. The van der Waals surface area contributed by atoms with Crippen molar-refractivity contribution in [3.63, 3.8) is 0 Å². The van der Waals surface area contributed by atoms with Crippen LogP contribution >= 0.6 is 0 Å². The maximum absolute atomic E-state index is 9.53. The van der Waals surface area contributed by atoms with Crippen molar-refractivity contribution in [1.82, 2.24) is 0 Å². The summed E-state index contributed by atoms with van der Waals surface area (Å²) in [5, 5.41) is 37.6. The largest absolute Gasteiger partial charge is 0.504 e. The van der Waals surface area contributed by atoms with Gasteiger partial charge in [0.1, 0.15) is 0 Å². The predicted molar refractivity (Wildman–Crippen MR) is 49.7 cm³/mol. The Kier molecular flexibility index (Phi) is 1.91. The fraction of sp³-hybridized carbons (Fsp3) is 0.400. The smallest absolute Gasteiger partial charge is 0.204 e. The van der Waals surface area contributed by atoms with E-state index >= 15 is 0 Å². The molecule has 0 saturated carbocycles. The molecule has 0 bridgehead atoms. The summed E-state index contributed by atoms with van der Waals surface area (Å²) in [6, 6.07) is 0. The van der Waals surface area contributed by atoms with Gasteiger partial charge in [-0.3, -0.25) is 0 Å². The number of fused-ring (bicyclic) bond motifs is 1. The van der Waals surface area contributed by atoms with Crippen LogP contribution in [0.15, 0.2) is 0 Å². The van der Waals surface area contributed by atoms with Crippen LogP contribution in [0, 0.1) is 0 Å². The van der Waals surface area contributed by atoms with Crippen LogP contribution in [-0.2, 0) is 12.8 Å². The standard InChI is InChI=1S/C10H12O4/c11-7-5-3-1-2-4-6(5)8(12)10(14)9(7)13/h11-14H,1-4H2. The lowest BCUT2D eigenvalue weighted by Crippen LogP contribution is -2.03. The van der Waals surface area contributed by atoms with Crippen molar-refractivity contribution in [2.45, 2.75) is 25.7 Å². The third kappa shape index (κ3) is 1.07. The van der Waals surface area contributed by atoms with Crippen LogP contribution in [-0.4, -0.2) is 20.4 Å². The van der Waals surface area contributed by atoms with E-state index in [2.05, 4.69) is 0 Å². The molecule has 0 heterocycles. The van der Waals surface area contributed by atoms with E-state index in [9.17, 15) is 20.4 Å². The Balaban J connectivity index is 2.71. The lowest BCUT2D eigenvalue weighted by atomic mass is 9.89. The second-order valence-electron chi connectivity index (χ2n) is 3.56. The summed E-state index contributed by atoms with van der Waals surface area (Å²) in [6.45, 7) is 0. The zero-order valence-electron chi connectivity index (χ0n) is 7.62. The number of aromatic hydroxyl groups is 4. The van der Waals surface area contributed by atoms with Crippen molar-refractivity contribution >= 4 is 0 Å².